The molecule has 0 bridgehead atoms. The molecule has 0 aromatic heterocycles. The maximum atomic E-state index is 11.1. The van der Waals surface area contributed by atoms with Crippen LogP contribution in [-0.2, 0) is 9.05 Å². The van der Waals surface area contributed by atoms with E-state index < -0.39 is 9.05 Å². The summed E-state index contributed by atoms with van der Waals surface area (Å²) in [5.41, 5.74) is 0.721. The van der Waals surface area contributed by atoms with Gasteiger partial charge in [0.25, 0.3) is 9.05 Å². The number of hydrogen-bond acceptors (Lipinski definition) is 3. The van der Waals surface area contributed by atoms with Crippen molar-refractivity contribution in [2.24, 2.45) is 0 Å². The minimum Gasteiger partial charge on any atom is -0.207 e. The Morgan fingerprint density at radius 1 is 1.50 bits per heavy atom. The van der Waals surface area contributed by atoms with Gasteiger partial charge >= 0.3 is 0 Å². The lowest BCUT2D eigenvalue weighted by Crippen LogP contribution is -1.98. The Labute approximate surface area is 100 Å². The molecular formula is C8H5ClINO2S. The van der Waals surface area contributed by atoms with Gasteiger partial charge in [0.2, 0.25) is 0 Å². The van der Waals surface area contributed by atoms with Gasteiger partial charge in [-0.15, -0.1) is 0 Å². The van der Waals surface area contributed by atoms with E-state index in [1.807, 2.05) is 28.7 Å². The lowest BCUT2D eigenvalue weighted by atomic mass is 10.1. The van der Waals surface area contributed by atoms with Crippen LogP contribution >= 0.6 is 33.3 Å². The Bertz CT molecular complexity index is 519. The minimum absolute atomic E-state index is 0.00242. The normalized spacial score (nSPS) is 11.0. The third-order valence-corrected chi connectivity index (χ3v) is 3.78. The highest BCUT2D eigenvalue weighted by atomic mass is 127. The summed E-state index contributed by atoms with van der Waals surface area (Å²) < 4.78 is 22.9. The summed E-state index contributed by atoms with van der Waals surface area (Å²) in [5, 5.41) is 8.74. The summed E-state index contributed by atoms with van der Waals surface area (Å²) in [5.74, 6) is 0. The van der Waals surface area contributed by atoms with Crippen LogP contribution in [0.4, 0.5) is 0 Å². The van der Waals surface area contributed by atoms with Crippen molar-refractivity contribution in [2.75, 3.05) is 0 Å². The maximum Gasteiger partial charge on any atom is 0.261 e. The summed E-state index contributed by atoms with van der Waals surface area (Å²) >= 11 is 1.94. The topological polar surface area (TPSA) is 57.9 Å². The van der Waals surface area contributed by atoms with Gasteiger partial charge in [0.1, 0.15) is 0 Å². The Kier molecular flexibility index (Phi) is 3.40. The van der Waals surface area contributed by atoms with Gasteiger partial charge in [-0.05, 0) is 47.2 Å². The van der Waals surface area contributed by atoms with Crippen LogP contribution in [0, 0.1) is 21.8 Å². The first kappa shape index (κ1) is 11.8. The molecule has 6 heteroatoms. The molecule has 0 atom stereocenters. The van der Waals surface area contributed by atoms with E-state index in [2.05, 4.69) is 0 Å². The van der Waals surface area contributed by atoms with Gasteiger partial charge < -0.3 is 0 Å². The van der Waals surface area contributed by atoms with Crippen molar-refractivity contribution in [2.45, 2.75) is 11.8 Å². The fourth-order valence-corrected chi connectivity index (χ4v) is 3.08. The Morgan fingerprint density at radius 3 is 2.50 bits per heavy atom. The van der Waals surface area contributed by atoms with Gasteiger partial charge in [0.05, 0.1) is 16.5 Å². The molecule has 74 valence electrons. The maximum absolute atomic E-state index is 11.1. The van der Waals surface area contributed by atoms with Crippen molar-refractivity contribution in [1.29, 1.82) is 5.26 Å². The lowest BCUT2D eigenvalue weighted by Gasteiger charge is -2.04. The summed E-state index contributed by atoms with van der Waals surface area (Å²) in [6.45, 7) is 1.56. The highest BCUT2D eigenvalue weighted by molar-refractivity contribution is 14.1. The average Bonchev–Trinajstić information content (AvgIpc) is 2.06. The van der Waals surface area contributed by atoms with E-state index in [0.29, 0.717) is 14.7 Å². The van der Waals surface area contributed by atoms with E-state index in [-0.39, 0.29) is 4.90 Å². The number of halogens is 2. The molecular weight excluding hydrogens is 337 g/mol. The van der Waals surface area contributed by atoms with Gasteiger partial charge in [-0.3, -0.25) is 0 Å². The zero-order chi connectivity index (χ0) is 10.9. The number of nitriles is 1. The van der Waals surface area contributed by atoms with E-state index in [9.17, 15) is 8.42 Å². The van der Waals surface area contributed by atoms with Gasteiger partial charge in [0.15, 0.2) is 0 Å². The standard InChI is InChI=1S/C8H5ClINO2S/c1-5-6(4-11)2-7(10)3-8(5)14(9,12)13/h2-3H,1H3. The van der Waals surface area contributed by atoms with Crippen LogP contribution in [-0.4, -0.2) is 8.42 Å². The van der Waals surface area contributed by atoms with Crippen molar-refractivity contribution in [3.05, 3.63) is 26.8 Å². The highest BCUT2D eigenvalue weighted by Crippen LogP contribution is 2.24. The molecule has 0 aliphatic carbocycles. The van der Waals surface area contributed by atoms with Crippen molar-refractivity contribution in [3.8, 4) is 6.07 Å². The van der Waals surface area contributed by atoms with Gasteiger partial charge in [0, 0.05) is 14.3 Å². The summed E-state index contributed by atoms with van der Waals surface area (Å²) in [6, 6.07) is 4.98. The SMILES string of the molecule is Cc1c(C#N)cc(I)cc1S(=O)(=O)Cl. The Morgan fingerprint density at radius 2 is 2.07 bits per heavy atom. The summed E-state index contributed by atoms with van der Waals surface area (Å²) in [4.78, 5) is 0.00242. The molecule has 3 nitrogen and oxygen atoms in total. The number of nitrogens with zero attached hydrogens (tertiary/aromatic N) is 1. The zero-order valence-corrected chi connectivity index (χ0v) is 10.8. The quantitative estimate of drug-likeness (QED) is 0.582. The van der Waals surface area contributed by atoms with Gasteiger partial charge in [-0.2, -0.15) is 5.26 Å². The molecule has 14 heavy (non-hydrogen) atoms. The highest BCUT2D eigenvalue weighted by Gasteiger charge is 2.16. The predicted octanol–water partition coefficient (Wildman–Crippen LogP) is 2.40. The Balaban J connectivity index is 3.64. The van der Waals surface area contributed by atoms with Crippen LogP contribution in [0.25, 0.3) is 0 Å². The molecule has 0 amide bonds. The largest absolute Gasteiger partial charge is 0.261 e. The van der Waals surface area contributed by atoms with E-state index in [0.717, 1.165) is 0 Å². The van der Waals surface area contributed by atoms with Crippen molar-refractivity contribution in [3.63, 3.8) is 0 Å². The van der Waals surface area contributed by atoms with Gasteiger partial charge in [-0.25, -0.2) is 8.42 Å². The molecule has 0 N–H and O–H groups in total. The monoisotopic (exact) mass is 341 g/mol. The molecule has 0 fully saturated rings. The molecule has 1 aromatic carbocycles. The number of rotatable bonds is 1. The molecule has 0 saturated carbocycles. The van der Waals surface area contributed by atoms with Crippen LogP contribution in [0.2, 0.25) is 0 Å². The molecule has 0 aliphatic rings. The molecule has 1 aromatic rings. The second-order valence-electron chi connectivity index (χ2n) is 2.63. The number of benzene rings is 1. The van der Waals surface area contributed by atoms with Crippen LogP contribution in [0.5, 0.6) is 0 Å². The smallest absolute Gasteiger partial charge is 0.207 e. The van der Waals surface area contributed by atoms with Gasteiger partial charge in [-0.1, -0.05) is 0 Å². The molecule has 1 rings (SSSR count). The van der Waals surface area contributed by atoms with Crippen LogP contribution in [0.15, 0.2) is 17.0 Å². The van der Waals surface area contributed by atoms with Crippen LogP contribution < -0.4 is 0 Å². The summed E-state index contributed by atoms with van der Waals surface area (Å²) in [6.07, 6.45) is 0. The number of hydrogen-bond donors (Lipinski definition) is 0. The third-order valence-electron chi connectivity index (χ3n) is 1.71. The zero-order valence-electron chi connectivity index (χ0n) is 7.08. The first-order valence-corrected chi connectivity index (χ1v) is 6.90. The van der Waals surface area contributed by atoms with Crippen molar-refractivity contribution >= 4 is 42.3 Å². The minimum atomic E-state index is -3.77. The van der Waals surface area contributed by atoms with Crippen molar-refractivity contribution in [1.82, 2.24) is 0 Å². The van der Waals surface area contributed by atoms with E-state index in [1.165, 1.54) is 6.07 Å². The van der Waals surface area contributed by atoms with E-state index >= 15 is 0 Å². The molecule has 0 unspecified atom stereocenters. The fraction of sp³-hybridized carbons (Fsp3) is 0.125. The van der Waals surface area contributed by atoms with Crippen molar-refractivity contribution < 1.29 is 8.42 Å². The third kappa shape index (κ3) is 2.38. The Hall–Kier alpha value is -0.320. The van der Waals surface area contributed by atoms with Crippen LogP contribution in [0.3, 0.4) is 0 Å². The average molecular weight is 342 g/mol. The fourth-order valence-electron chi connectivity index (χ4n) is 1.02. The molecule has 0 radical (unpaired) electrons. The van der Waals surface area contributed by atoms with E-state index in [1.54, 1.807) is 13.0 Å². The van der Waals surface area contributed by atoms with E-state index in [4.69, 9.17) is 15.9 Å². The molecule has 0 spiro atoms. The van der Waals surface area contributed by atoms with Crippen LogP contribution in [0.1, 0.15) is 11.1 Å². The first-order chi connectivity index (χ1) is 6.36. The molecule has 0 aliphatic heterocycles. The summed E-state index contributed by atoms with van der Waals surface area (Å²) in [7, 11) is 1.45. The molecule has 0 saturated heterocycles. The first-order valence-electron chi connectivity index (χ1n) is 3.51. The molecule has 0 heterocycles. The second-order valence-corrected chi connectivity index (χ2v) is 6.41. The second kappa shape index (κ2) is 4.04. The predicted molar refractivity (Wildman–Crippen MR) is 61.6 cm³/mol. The lowest BCUT2D eigenvalue weighted by molar-refractivity contribution is 0.609.